The average molecular weight is 498 g/mol. The molecular formula is C27H28ClNO4S. The van der Waals surface area contributed by atoms with Gasteiger partial charge in [0.15, 0.2) is 0 Å². The van der Waals surface area contributed by atoms with E-state index in [4.69, 9.17) is 16.3 Å². The maximum atomic E-state index is 14.1. The number of rotatable bonds is 5. The molecular weight excluding hydrogens is 470 g/mol. The molecule has 7 heteroatoms. The van der Waals surface area contributed by atoms with Crippen molar-refractivity contribution >= 4 is 27.6 Å². The van der Waals surface area contributed by atoms with Crippen LogP contribution >= 0.6 is 11.6 Å². The standard InChI is InChI=1S/C27H28ClNO4S/c1-17-13-18(2)20(4)26(19(17)3)34(31,32)29-15-23-8-6-5-7-22(23)14-25(29)27(30)33-16-21-9-11-24(28)12-10-21/h5-13,25H,14-16H2,1-4H3/t25-/m1/s1. The lowest BCUT2D eigenvalue weighted by Crippen LogP contribution is -2.49. The van der Waals surface area contributed by atoms with E-state index in [1.54, 1.807) is 24.3 Å². The molecule has 1 heterocycles. The highest BCUT2D eigenvalue weighted by Crippen LogP contribution is 2.34. The fraction of sp³-hybridized carbons (Fsp3) is 0.296. The van der Waals surface area contributed by atoms with Crippen molar-refractivity contribution in [3.8, 4) is 0 Å². The molecule has 1 aliphatic rings. The van der Waals surface area contributed by atoms with Gasteiger partial charge in [-0.15, -0.1) is 0 Å². The van der Waals surface area contributed by atoms with Crippen LogP contribution in [0.2, 0.25) is 5.02 Å². The maximum Gasteiger partial charge on any atom is 0.325 e. The number of fused-ring (bicyclic) bond motifs is 1. The lowest BCUT2D eigenvalue weighted by Gasteiger charge is -2.35. The molecule has 0 amide bonds. The van der Waals surface area contributed by atoms with Crippen molar-refractivity contribution in [1.29, 1.82) is 0 Å². The predicted molar refractivity (Wildman–Crippen MR) is 133 cm³/mol. The Morgan fingerprint density at radius 3 is 2.18 bits per heavy atom. The summed E-state index contributed by atoms with van der Waals surface area (Å²) in [6.45, 7) is 7.61. The van der Waals surface area contributed by atoms with Crippen molar-refractivity contribution in [2.24, 2.45) is 0 Å². The van der Waals surface area contributed by atoms with Crippen molar-refractivity contribution in [1.82, 2.24) is 4.31 Å². The van der Waals surface area contributed by atoms with Crippen LogP contribution in [0.15, 0.2) is 59.5 Å². The summed E-state index contributed by atoms with van der Waals surface area (Å²) >= 11 is 5.94. The van der Waals surface area contributed by atoms with Crippen LogP contribution in [0, 0.1) is 27.7 Å². The Labute approximate surface area is 206 Å². The topological polar surface area (TPSA) is 63.7 Å². The molecule has 0 saturated carbocycles. The lowest BCUT2D eigenvalue weighted by atomic mass is 9.96. The SMILES string of the molecule is Cc1cc(C)c(C)c(S(=O)(=O)N2Cc3ccccc3C[C@@H]2C(=O)OCc2ccc(Cl)cc2)c1C. The van der Waals surface area contributed by atoms with E-state index in [1.165, 1.54) is 4.31 Å². The fourth-order valence-corrected chi connectivity index (χ4v) is 6.73. The van der Waals surface area contributed by atoms with Crippen LogP contribution in [0.3, 0.4) is 0 Å². The molecule has 0 spiro atoms. The number of esters is 1. The van der Waals surface area contributed by atoms with E-state index in [0.29, 0.717) is 16.1 Å². The van der Waals surface area contributed by atoms with E-state index < -0.39 is 22.0 Å². The van der Waals surface area contributed by atoms with Gasteiger partial charge in [-0.05, 0) is 78.8 Å². The molecule has 3 aromatic carbocycles. The molecule has 1 aliphatic heterocycles. The first-order valence-electron chi connectivity index (χ1n) is 11.2. The number of halogens is 1. The lowest BCUT2D eigenvalue weighted by molar-refractivity contribution is -0.150. The molecule has 3 aromatic rings. The van der Waals surface area contributed by atoms with E-state index in [1.807, 2.05) is 58.0 Å². The zero-order chi connectivity index (χ0) is 24.6. The van der Waals surface area contributed by atoms with Crippen LogP contribution in [-0.4, -0.2) is 24.7 Å². The molecule has 0 radical (unpaired) electrons. The molecule has 5 nitrogen and oxygen atoms in total. The number of benzene rings is 3. The highest BCUT2D eigenvalue weighted by molar-refractivity contribution is 7.89. The number of nitrogens with zero attached hydrogens (tertiary/aromatic N) is 1. The fourth-order valence-electron chi connectivity index (χ4n) is 4.47. The van der Waals surface area contributed by atoms with Gasteiger partial charge in [-0.2, -0.15) is 4.31 Å². The molecule has 0 unspecified atom stereocenters. The Bertz CT molecular complexity index is 1320. The number of aryl methyl sites for hydroxylation is 2. The summed E-state index contributed by atoms with van der Waals surface area (Å²) < 4.78 is 35.1. The third-order valence-corrected chi connectivity index (χ3v) is 9.02. The number of ether oxygens (including phenoxy) is 1. The van der Waals surface area contributed by atoms with E-state index >= 15 is 0 Å². The molecule has 34 heavy (non-hydrogen) atoms. The first-order chi connectivity index (χ1) is 16.1. The number of hydrogen-bond acceptors (Lipinski definition) is 4. The second kappa shape index (κ2) is 9.53. The second-order valence-electron chi connectivity index (χ2n) is 8.86. The monoisotopic (exact) mass is 497 g/mol. The average Bonchev–Trinajstić information content (AvgIpc) is 2.81. The van der Waals surface area contributed by atoms with Gasteiger partial charge in [0.2, 0.25) is 10.0 Å². The van der Waals surface area contributed by atoms with Crippen molar-refractivity contribution in [2.45, 2.75) is 58.2 Å². The molecule has 0 aliphatic carbocycles. The minimum Gasteiger partial charge on any atom is -0.460 e. The minimum absolute atomic E-state index is 0.0453. The number of hydrogen-bond donors (Lipinski definition) is 0. The zero-order valence-electron chi connectivity index (χ0n) is 19.8. The minimum atomic E-state index is -3.98. The van der Waals surface area contributed by atoms with Gasteiger partial charge < -0.3 is 4.74 Å². The van der Waals surface area contributed by atoms with Crippen molar-refractivity contribution in [3.63, 3.8) is 0 Å². The largest absolute Gasteiger partial charge is 0.460 e. The van der Waals surface area contributed by atoms with Gasteiger partial charge in [-0.1, -0.05) is 54.1 Å². The number of sulfonamides is 1. The molecule has 0 aromatic heterocycles. The Balaban J connectivity index is 1.72. The van der Waals surface area contributed by atoms with Crippen LogP contribution < -0.4 is 0 Å². The van der Waals surface area contributed by atoms with Crippen molar-refractivity contribution in [2.75, 3.05) is 0 Å². The molecule has 1 atom stereocenters. The van der Waals surface area contributed by atoms with Crippen LogP contribution in [-0.2, 0) is 39.1 Å². The van der Waals surface area contributed by atoms with E-state index in [2.05, 4.69) is 0 Å². The number of carbonyl (C=O) groups is 1. The van der Waals surface area contributed by atoms with Crippen LogP contribution in [0.4, 0.5) is 0 Å². The van der Waals surface area contributed by atoms with E-state index in [-0.39, 0.29) is 24.5 Å². The van der Waals surface area contributed by atoms with Gasteiger partial charge in [-0.3, -0.25) is 4.79 Å². The quantitative estimate of drug-likeness (QED) is 0.441. The molecule has 0 fully saturated rings. The van der Waals surface area contributed by atoms with Gasteiger partial charge in [-0.25, -0.2) is 8.42 Å². The molecule has 0 bridgehead atoms. The Hall–Kier alpha value is -2.67. The second-order valence-corrected chi connectivity index (χ2v) is 11.1. The van der Waals surface area contributed by atoms with Crippen molar-refractivity contribution in [3.05, 3.63) is 98.6 Å². The summed E-state index contributed by atoms with van der Waals surface area (Å²) in [6, 6.07) is 15.7. The Morgan fingerprint density at radius 2 is 1.56 bits per heavy atom. The van der Waals surface area contributed by atoms with Gasteiger partial charge in [0.1, 0.15) is 12.6 Å². The molecule has 0 saturated heterocycles. The molecule has 0 N–H and O–H groups in total. The van der Waals surface area contributed by atoms with Crippen LogP contribution in [0.1, 0.15) is 38.9 Å². The Kier molecular flexibility index (Phi) is 6.85. The maximum absolute atomic E-state index is 14.1. The summed E-state index contributed by atoms with van der Waals surface area (Å²) in [5.41, 5.74) is 5.85. The smallest absolute Gasteiger partial charge is 0.325 e. The zero-order valence-corrected chi connectivity index (χ0v) is 21.3. The highest BCUT2D eigenvalue weighted by atomic mass is 35.5. The van der Waals surface area contributed by atoms with Gasteiger partial charge in [0.25, 0.3) is 0 Å². The highest BCUT2D eigenvalue weighted by Gasteiger charge is 2.41. The molecule has 4 rings (SSSR count). The van der Waals surface area contributed by atoms with Crippen LogP contribution in [0.5, 0.6) is 0 Å². The summed E-state index contributed by atoms with van der Waals surface area (Å²) in [6.07, 6.45) is 0.262. The third kappa shape index (κ3) is 4.63. The summed E-state index contributed by atoms with van der Waals surface area (Å²) in [7, 11) is -3.98. The normalized spacial score (nSPS) is 16.2. The van der Waals surface area contributed by atoms with Crippen LogP contribution in [0.25, 0.3) is 0 Å². The predicted octanol–water partition coefficient (Wildman–Crippen LogP) is 5.43. The summed E-state index contributed by atoms with van der Waals surface area (Å²) in [5.74, 6) is -0.562. The first kappa shape index (κ1) is 24.5. The van der Waals surface area contributed by atoms with Gasteiger partial charge in [0, 0.05) is 18.0 Å². The first-order valence-corrected chi connectivity index (χ1v) is 13.0. The summed E-state index contributed by atoms with van der Waals surface area (Å²) in [4.78, 5) is 13.6. The summed E-state index contributed by atoms with van der Waals surface area (Å²) in [5, 5.41) is 0.593. The Morgan fingerprint density at radius 1 is 0.971 bits per heavy atom. The number of carbonyl (C=O) groups excluding carboxylic acids is 1. The molecule has 178 valence electrons. The van der Waals surface area contributed by atoms with Gasteiger partial charge >= 0.3 is 5.97 Å². The van der Waals surface area contributed by atoms with Crippen molar-refractivity contribution < 1.29 is 17.9 Å². The van der Waals surface area contributed by atoms with E-state index in [0.717, 1.165) is 27.8 Å². The third-order valence-electron chi connectivity index (χ3n) is 6.64. The van der Waals surface area contributed by atoms with E-state index in [9.17, 15) is 13.2 Å². The van der Waals surface area contributed by atoms with Gasteiger partial charge in [0.05, 0.1) is 4.90 Å².